The lowest BCUT2D eigenvalue weighted by atomic mass is 9.60. The predicted molar refractivity (Wildman–Crippen MR) is 79.8 cm³/mol. The van der Waals surface area contributed by atoms with Crippen molar-refractivity contribution in [3.63, 3.8) is 0 Å². The molecular weight excluding hydrogens is 236 g/mol. The summed E-state index contributed by atoms with van der Waals surface area (Å²) in [7, 11) is 0. The fraction of sp³-hybridized carbons (Fsp3) is 0.941. The summed E-state index contributed by atoms with van der Waals surface area (Å²) in [4.78, 5) is 1.37. The number of fused-ring (bicyclic) bond motifs is 1. The van der Waals surface area contributed by atoms with Crippen molar-refractivity contribution in [3.05, 3.63) is 0 Å². The van der Waals surface area contributed by atoms with Gasteiger partial charge in [0.2, 0.25) is 0 Å². The lowest BCUT2D eigenvalue weighted by Gasteiger charge is -2.44. The average Bonchev–Trinajstić information content (AvgIpc) is 3.17. The molecule has 3 unspecified atom stereocenters. The van der Waals surface area contributed by atoms with Crippen LogP contribution in [-0.2, 0) is 0 Å². The molecule has 0 aromatic heterocycles. The minimum Gasteiger partial charge on any atom is -0.0894 e. The van der Waals surface area contributed by atoms with E-state index in [-0.39, 0.29) is 0 Å². The number of rotatable bonds is 4. The van der Waals surface area contributed by atoms with Crippen molar-refractivity contribution >= 4 is 17.1 Å². The van der Waals surface area contributed by atoms with Gasteiger partial charge in [-0.25, -0.2) is 0 Å². The molecule has 0 radical (unpaired) electrons. The highest BCUT2D eigenvalue weighted by Crippen LogP contribution is 2.76. The molecule has 2 spiro atoms. The number of thiocarbonyl (C=S) groups is 1. The Balaban J connectivity index is 1.37. The Morgan fingerprint density at radius 1 is 1.11 bits per heavy atom. The van der Waals surface area contributed by atoms with E-state index in [0.717, 1.165) is 35.0 Å². The normalized spacial score (nSPS) is 41.9. The van der Waals surface area contributed by atoms with Crippen LogP contribution in [-0.4, -0.2) is 4.86 Å². The largest absolute Gasteiger partial charge is 0.0894 e. The van der Waals surface area contributed by atoms with Crippen molar-refractivity contribution in [2.75, 3.05) is 0 Å². The summed E-state index contributed by atoms with van der Waals surface area (Å²) in [6.45, 7) is 2.23. The first kappa shape index (κ1) is 11.9. The molecule has 18 heavy (non-hydrogen) atoms. The van der Waals surface area contributed by atoms with Crippen molar-refractivity contribution in [1.29, 1.82) is 0 Å². The van der Waals surface area contributed by atoms with Crippen LogP contribution in [0.1, 0.15) is 71.1 Å². The van der Waals surface area contributed by atoms with Crippen molar-refractivity contribution in [2.45, 2.75) is 71.1 Å². The molecule has 0 aromatic rings. The highest BCUT2D eigenvalue weighted by Gasteiger charge is 2.66. The second kappa shape index (κ2) is 3.81. The average molecular weight is 262 g/mol. The minimum atomic E-state index is 0.845. The quantitative estimate of drug-likeness (QED) is 0.631. The highest BCUT2D eigenvalue weighted by molar-refractivity contribution is 7.80. The van der Waals surface area contributed by atoms with Crippen LogP contribution in [0, 0.1) is 28.6 Å². The maximum atomic E-state index is 5.50. The Morgan fingerprint density at radius 3 is 2.22 bits per heavy atom. The van der Waals surface area contributed by atoms with Gasteiger partial charge in [0, 0.05) is 0 Å². The van der Waals surface area contributed by atoms with E-state index in [9.17, 15) is 0 Å². The topological polar surface area (TPSA) is 0 Å². The maximum absolute atomic E-state index is 5.50. The van der Waals surface area contributed by atoms with Crippen molar-refractivity contribution in [3.8, 4) is 0 Å². The van der Waals surface area contributed by atoms with Gasteiger partial charge < -0.3 is 0 Å². The zero-order chi connectivity index (χ0) is 12.4. The summed E-state index contributed by atoms with van der Waals surface area (Å²) in [5.41, 5.74) is 1.72. The van der Waals surface area contributed by atoms with Gasteiger partial charge in [-0.2, -0.15) is 0 Å². The molecule has 0 bridgehead atoms. The summed E-state index contributed by atoms with van der Waals surface area (Å²) in [5.74, 6) is 2.91. The zero-order valence-corrected chi connectivity index (χ0v) is 12.5. The van der Waals surface area contributed by atoms with Gasteiger partial charge in [0.15, 0.2) is 0 Å². The second-order valence-corrected chi connectivity index (χ2v) is 8.37. The third-order valence-electron chi connectivity index (χ3n) is 6.97. The molecule has 100 valence electrons. The van der Waals surface area contributed by atoms with Crippen LogP contribution < -0.4 is 0 Å². The summed E-state index contributed by atoms with van der Waals surface area (Å²) >= 11 is 5.50. The molecule has 3 atom stereocenters. The van der Waals surface area contributed by atoms with Gasteiger partial charge in [-0.15, -0.1) is 0 Å². The van der Waals surface area contributed by atoms with Crippen LogP contribution in [0.3, 0.4) is 0 Å². The molecule has 4 rings (SSSR count). The van der Waals surface area contributed by atoms with Crippen LogP contribution in [0.2, 0.25) is 0 Å². The van der Waals surface area contributed by atoms with E-state index in [1.54, 1.807) is 38.5 Å². The van der Waals surface area contributed by atoms with Gasteiger partial charge in [-0.05, 0) is 91.2 Å². The summed E-state index contributed by atoms with van der Waals surface area (Å²) < 4.78 is 0. The van der Waals surface area contributed by atoms with E-state index in [4.69, 9.17) is 12.2 Å². The molecule has 0 nitrogen and oxygen atoms in total. The summed E-state index contributed by atoms with van der Waals surface area (Å²) in [6, 6.07) is 0. The molecule has 0 amide bonds. The molecule has 4 fully saturated rings. The SMILES string of the molecule is CCC(=S)C1CC1CC1CC2(CCC2)C2(CC2)C1. The third-order valence-corrected chi connectivity index (χ3v) is 7.56. The van der Waals surface area contributed by atoms with Crippen LogP contribution >= 0.6 is 12.2 Å². The van der Waals surface area contributed by atoms with Gasteiger partial charge in [0.05, 0.1) is 0 Å². The van der Waals surface area contributed by atoms with Crippen molar-refractivity contribution in [1.82, 2.24) is 0 Å². The highest BCUT2D eigenvalue weighted by atomic mass is 32.1. The van der Waals surface area contributed by atoms with Gasteiger partial charge in [-0.1, -0.05) is 25.6 Å². The van der Waals surface area contributed by atoms with E-state index in [1.165, 1.54) is 24.1 Å². The van der Waals surface area contributed by atoms with E-state index in [1.807, 2.05) is 0 Å². The number of hydrogen-bond acceptors (Lipinski definition) is 1. The fourth-order valence-corrected chi connectivity index (χ4v) is 5.88. The molecule has 1 heteroatoms. The molecule has 0 saturated heterocycles. The first-order valence-electron chi connectivity index (χ1n) is 8.21. The summed E-state index contributed by atoms with van der Waals surface area (Å²) in [5, 5.41) is 0. The second-order valence-electron chi connectivity index (χ2n) is 7.85. The summed E-state index contributed by atoms with van der Waals surface area (Å²) in [6.07, 6.45) is 15.1. The minimum absolute atomic E-state index is 0.845. The van der Waals surface area contributed by atoms with Gasteiger partial charge >= 0.3 is 0 Å². The fourth-order valence-electron chi connectivity index (χ4n) is 5.59. The van der Waals surface area contributed by atoms with Crippen molar-refractivity contribution in [2.24, 2.45) is 28.6 Å². The van der Waals surface area contributed by atoms with E-state index in [0.29, 0.717) is 0 Å². The number of hydrogen-bond donors (Lipinski definition) is 0. The van der Waals surface area contributed by atoms with Crippen LogP contribution in [0.15, 0.2) is 0 Å². The van der Waals surface area contributed by atoms with E-state index >= 15 is 0 Å². The molecular formula is C17H26S. The van der Waals surface area contributed by atoms with E-state index in [2.05, 4.69) is 6.92 Å². The van der Waals surface area contributed by atoms with Crippen LogP contribution in [0.5, 0.6) is 0 Å². The van der Waals surface area contributed by atoms with Gasteiger partial charge in [-0.3, -0.25) is 0 Å². The Kier molecular flexibility index (Phi) is 2.51. The maximum Gasteiger partial charge on any atom is -0.00405 e. The first-order chi connectivity index (χ1) is 8.68. The van der Waals surface area contributed by atoms with E-state index < -0.39 is 0 Å². The Bertz CT molecular complexity index is 375. The predicted octanol–water partition coefficient (Wildman–Crippen LogP) is 5.15. The molecule has 0 aliphatic heterocycles. The van der Waals surface area contributed by atoms with Gasteiger partial charge in [0.25, 0.3) is 0 Å². The molecule has 4 aliphatic rings. The molecule has 0 N–H and O–H groups in total. The smallest absolute Gasteiger partial charge is 0.00405 e. The molecule has 4 saturated carbocycles. The standard InChI is InChI=1S/C17H26S/c1-2-15(18)14-9-13(14)8-12-10-16(4-3-5-16)17(11-12)6-7-17/h12-14H,2-11H2,1H3. The molecule has 4 aliphatic carbocycles. The lowest BCUT2D eigenvalue weighted by molar-refractivity contribution is 0.0596. The van der Waals surface area contributed by atoms with Crippen LogP contribution in [0.4, 0.5) is 0 Å². The third kappa shape index (κ3) is 1.58. The van der Waals surface area contributed by atoms with Crippen LogP contribution in [0.25, 0.3) is 0 Å². The first-order valence-corrected chi connectivity index (χ1v) is 8.62. The van der Waals surface area contributed by atoms with Gasteiger partial charge in [0.1, 0.15) is 0 Å². The monoisotopic (exact) mass is 262 g/mol. The molecule has 0 aromatic carbocycles. The van der Waals surface area contributed by atoms with Crippen molar-refractivity contribution < 1.29 is 0 Å². The zero-order valence-electron chi connectivity index (χ0n) is 11.7. The Labute approximate surface area is 117 Å². The molecule has 0 heterocycles. The Hall–Kier alpha value is 0.0900. The lowest BCUT2D eigenvalue weighted by Crippen LogP contribution is -2.34. The Morgan fingerprint density at radius 2 is 1.78 bits per heavy atom.